The summed E-state index contributed by atoms with van der Waals surface area (Å²) in [5.74, 6) is -0.198. The van der Waals surface area contributed by atoms with Gasteiger partial charge in [0, 0.05) is 5.02 Å². The normalized spacial score (nSPS) is 11.3. The molecule has 0 unspecified atom stereocenters. The van der Waals surface area contributed by atoms with E-state index in [0.717, 1.165) is 6.07 Å². The molecule has 0 aliphatic heterocycles. The molecule has 2 N–H and O–H groups in total. The van der Waals surface area contributed by atoms with Gasteiger partial charge in [0.25, 0.3) is 5.69 Å². The van der Waals surface area contributed by atoms with Gasteiger partial charge in [-0.2, -0.15) is 8.42 Å². The lowest BCUT2D eigenvalue weighted by atomic mass is 10.2. The highest BCUT2D eigenvalue weighted by Crippen LogP contribution is 2.30. The number of hydrogen-bond acceptors (Lipinski definition) is 6. The largest absolute Gasteiger partial charge is 0.393 e. The lowest BCUT2D eigenvalue weighted by Gasteiger charge is -2.10. The average molecular weight is 357 g/mol. The Bertz CT molecular complexity index is 873. The molecule has 0 fully saturated rings. The minimum Gasteiger partial charge on any atom is -0.393 e. The standard InChI is InChI=1S/C14H13ClN2O5S/c1-8-5-11(6-9(2)14(8)15)23(20,21)22-10-3-4-12(16)13(7-10)17(18)19/h3-7H,16H2,1-2H3. The van der Waals surface area contributed by atoms with Gasteiger partial charge in [-0.05, 0) is 49.2 Å². The number of nitrogens with two attached hydrogens (primary N) is 1. The summed E-state index contributed by atoms with van der Waals surface area (Å²) in [7, 11) is -4.15. The number of nitro groups is 1. The van der Waals surface area contributed by atoms with Gasteiger partial charge in [-0.25, -0.2) is 0 Å². The molecule has 9 heteroatoms. The second kappa shape index (κ2) is 6.05. The molecule has 23 heavy (non-hydrogen) atoms. The van der Waals surface area contributed by atoms with E-state index < -0.39 is 20.7 Å². The zero-order valence-electron chi connectivity index (χ0n) is 12.2. The predicted molar refractivity (Wildman–Crippen MR) is 86.2 cm³/mol. The zero-order valence-corrected chi connectivity index (χ0v) is 13.8. The summed E-state index contributed by atoms with van der Waals surface area (Å²) in [6.45, 7) is 3.34. The number of nitrogens with zero attached hydrogens (tertiary/aromatic N) is 1. The van der Waals surface area contributed by atoms with Crippen molar-refractivity contribution in [2.45, 2.75) is 18.7 Å². The molecule has 2 aromatic rings. The number of nitrogen functional groups attached to an aromatic ring is 1. The summed E-state index contributed by atoms with van der Waals surface area (Å²) in [5.41, 5.74) is 6.11. The third-order valence-electron chi connectivity index (χ3n) is 3.10. The van der Waals surface area contributed by atoms with Crippen LogP contribution in [0.15, 0.2) is 35.2 Å². The minimum atomic E-state index is -4.15. The molecular weight excluding hydrogens is 344 g/mol. The molecule has 0 aliphatic carbocycles. The van der Waals surface area contributed by atoms with Crippen LogP contribution in [0.1, 0.15) is 11.1 Å². The van der Waals surface area contributed by atoms with E-state index >= 15 is 0 Å². The van der Waals surface area contributed by atoms with Gasteiger partial charge in [0.1, 0.15) is 16.3 Å². The van der Waals surface area contributed by atoms with Crippen LogP contribution in [0.3, 0.4) is 0 Å². The van der Waals surface area contributed by atoms with Crippen LogP contribution in [-0.2, 0) is 10.1 Å². The van der Waals surface area contributed by atoms with Crippen LogP contribution >= 0.6 is 11.6 Å². The lowest BCUT2D eigenvalue weighted by Crippen LogP contribution is -2.11. The summed E-state index contributed by atoms with van der Waals surface area (Å²) >= 11 is 6.01. The fraction of sp³-hybridized carbons (Fsp3) is 0.143. The van der Waals surface area contributed by atoms with Crippen LogP contribution in [0.5, 0.6) is 5.75 Å². The van der Waals surface area contributed by atoms with Crippen LogP contribution in [0, 0.1) is 24.0 Å². The molecular formula is C14H13ClN2O5S. The summed E-state index contributed by atoms with van der Waals surface area (Å²) in [6, 6.07) is 6.16. The summed E-state index contributed by atoms with van der Waals surface area (Å²) in [5, 5.41) is 11.3. The van der Waals surface area contributed by atoms with Gasteiger partial charge in [-0.1, -0.05) is 11.6 Å². The average Bonchev–Trinajstić information content (AvgIpc) is 2.45. The molecule has 0 amide bonds. The summed E-state index contributed by atoms with van der Waals surface area (Å²) in [4.78, 5) is 10.0. The number of halogens is 1. The van der Waals surface area contributed by atoms with Crippen molar-refractivity contribution in [3.63, 3.8) is 0 Å². The number of aryl methyl sites for hydroxylation is 2. The van der Waals surface area contributed by atoms with Gasteiger partial charge in [-0.15, -0.1) is 0 Å². The van der Waals surface area contributed by atoms with Gasteiger partial charge in [0.05, 0.1) is 11.0 Å². The van der Waals surface area contributed by atoms with Crippen LogP contribution < -0.4 is 9.92 Å². The van der Waals surface area contributed by atoms with Gasteiger partial charge >= 0.3 is 10.1 Å². The van der Waals surface area contributed by atoms with E-state index in [2.05, 4.69) is 0 Å². The number of anilines is 1. The molecule has 0 radical (unpaired) electrons. The van der Waals surface area contributed by atoms with Crippen molar-refractivity contribution < 1.29 is 17.5 Å². The van der Waals surface area contributed by atoms with E-state index in [1.54, 1.807) is 13.8 Å². The first-order valence-corrected chi connectivity index (χ1v) is 8.15. The molecule has 0 aromatic heterocycles. The van der Waals surface area contributed by atoms with E-state index in [1.165, 1.54) is 24.3 Å². The van der Waals surface area contributed by atoms with Crippen molar-refractivity contribution in [3.8, 4) is 5.75 Å². The van der Waals surface area contributed by atoms with Crippen molar-refractivity contribution in [2.24, 2.45) is 0 Å². The molecule has 0 atom stereocenters. The molecule has 0 saturated carbocycles. The lowest BCUT2D eigenvalue weighted by molar-refractivity contribution is -0.383. The highest BCUT2D eigenvalue weighted by Gasteiger charge is 2.21. The quantitative estimate of drug-likeness (QED) is 0.389. The number of hydrogen-bond donors (Lipinski definition) is 1. The molecule has 2 rings (SSSR count). The molecule has 7 nitrogen and oxygen atoms in total. The van der Waals surface area contributed by atoms with Crippen LogP contribution in [-0.4, -0.2) is 13.3 Å². The number of rotatable bonds is 4. The predicted octanol–water partition coefficient (Wildman–Crippen LogP) is 3.21. The molecule has 0 heterocycles. The smallest absolute Gasteiger partial charge is 0.339 e. The Morgan fingerprint density at radius 3 is 2.26 bits per heavy atom. The Morgan fingerprint density at radius 1 is 1.17 bits per heavy atom. The van der Waals surface area contributed by atoms with Crippen LogP contribution in [0.25, 0.3) is 0 Å². The number of nitro benzene ring substituents is 1. The molecule has 0 aliphatic rings. The maximum absolute atomic E-state index is 12.3. The fourth-order valence-corrected chi connectivity index (χ4v) is 3.16. The Kier molecular flexibility index (Phi) is 4.49. The Hall–Kier alpha value is -2.32. The van der Waals surface area contributed by atoms with Crippen molar-refractivity contribution in [1.82, 2.24) is 0 Å². The van der Waals surface area contributed by atoms with Crippen molar-refractivity contribution in [3.05, 3.63) is 56.6 Å². The first kappa shape index (κ1) is 17.0. The van der Waals surface area contributed by atoms with Gasteiger partial charge in [-0.3, -0.25) is 10.1 Å². The summed E-state index contributed by atoms with van der Waals surface area (Å²) < 4.78 is 29.6. The molecule has 0 bridgehead atoms. The Balaban J connectivity index is 2.43. The maximum atomic E-state index is 12.3. The van der Waals surface area contributed by atoms with E-state index in [1.807, 2.05) is 0 Å². The second-order valence-corrected chi connectivity index (χ2v) is 6.81. The molecule has 0 saturated heterocycles. The SMILES string of the molecule is Cc1cc(S(=O)(=O)Oc2ccc(N)c([N+](=O)[O-])c2)cc(C)c1Cl. The first-order chi connectivity index (χ1) is 10.6. The minimum absolute atomic E-state index is 0.0853. The molecule has 122 valence electrons. The van der Waals surface area contributed by atoms with Gasteiger partial charge < -0.3 is 9.92 Å². The fourth-order valence-electron chi connectivity index (χ4n) is 1.96. The van der Waals surface area contributed by atoms with Gasteiger partial charge in [0.15, 0.2) is 0 Å². The van der Waals surface area contributed by atoms with E-state index in [4.69, 9.17) is 21.5 Å². The third kappa shape index (κ3) is 3.54. The van der Waals surface area contributed by atoms with Crippen LogP contribution in [0.4, 0.5) is 11.4 Å². The van der Waals surface area contributed by atoms with E-state index in [0.29, 0.717) is 16.1 Å². The van der Waals surface area contributed by atoms with Crippen molar-refractivity contribution in [1.29, 1.82) is 0 Å². The second-order valence-electron chi connectivity index (χ2n) is 4.89. The van der Waals surface area contributed by atoms with Crippen LogP contribution in [0.2, 0.25) is 5.02 Å². The highest BCUT2D eigenvalue weighted by atomic mass is 35.5. The topological polar surface area (TPSA) is 113 Å². The van der Waals surface area contributed by atoms with E-state index in [-0.39, 0.29) is 16.3 Å². The molecule has 2 aromatic carbocycles. The zero-order chi connectivity index (χ0) is 17.4. The summed E-state index contributed by atoms with van der Waals surface area (Å²) in [6.07, 6.45) is 0. The monoisotopic (exact) mass is 356 g/mol. The Morgan fingerprint density at radius 2 is 1.74 bits per heavy atom. The Labute approximate surface area is 137 Å². The van der Waals surface area contributed by atoms with Crippen molar-refractivity contribution in [2.75, 3.05) is 5.73 Å². The van der Waals surface area contributed by atoms with Gasteiger partial charge in [0.2, 0.25) is 0 Å². The number of benzene rings is 2. The van der Waals surface area contributed by atoms with E-state index in [9.17, 15) is 18.5 Å². The highest BCUT2D eigenvalue weighted by molar-refractivity contribution is 7.87. The third-order valence-corrected chi connectivity index (χ3v) is 4.92. The molecule has 0 spiro atoms. The van der Waals surface area contributed by atoms with Crippen molar-refractivity contribution >= 4 is 33.1 Å². The first-order valence-electron chi connectivity index (χ1n) is 6.37. The maximum Gasteiger partial charge on any atom is 0.339 e.